The minimum Gasteiger partial charge on any atom is -0.480 e. The van der Waals surface area contributed by atoms with Gasteiger partial charge >= 0.3 is 12.1 Å². The van der Waals surface area contributed by atoms with Gasteiger partial charge in [-0.2, -0.15) is 5.10 Å². The molecule has 5 rings (SSSR count). The minimum absolute atomic E-state index is 0.0803. The second-order valence-corrected chi connectivity index (χ2v) is 7.30. The van der Waals surface area contributed by atoms with E-state index in [1.807, 2.05) is 36.4 Å². The number of ether oxygens (including phenoxy) is 1. The molecule has 0 bridgehead atoms. The Balaban J connectivity index is 1.42. The number of carboxylic acid groups (broad SMARTS) is 1. The van der Waals surface area contributed by atoms with Crippen LogP contribution in [0.3, 0.4) is 0 Å². The van der Waals surface area contributed by atoms with Crippen molar-refractivity contribution < 1.29 is 19.4 Å². The standard InChI is InChI=1S/C22H19N3O4/c26-21(27)19-10-9-18-20(11-23-24-18)25(19)22(28)29-12-17-15-7-3-1-5-13(15)14-6-2-4-8-16(14)17/h1-8,11,17,19H,9-10,12H2,(H,23,24)(H,26,27). The number of H-pyrrole nitrogens is 1. The zero-order valence-corrected chi connectivity index (χ0v) is 15.5. The minimum atomic E-state index is -1.05. The number of hydrogen-bond donors (Lipinski definition) is 2. The highest BCUT2D eigenvalue weighted by Gasteiger charge is 2.38. The maximum Gasteiger partial charge on any atom is 0.415 e. The van der Waals surface area contributed by atoms with Gasteiger partial charge in [-0.25, -0.2) is 9.59 Å². The lowest BCUT2D eigenvalue weighted by Gasteiger charge is -2.31. The number of amides is 1. The zero-order chi connectivity index (χ0) is 20.0. The highest BCUT2D eigenvalue weighted by atomic mass is 16.6. The first-order valence-electron chi connectivity index (χ1n) is 9.54. The summed E-state index contributed by atoms with van der Waals surface area (Å²) >= 11 is 0. The van der Waals surface area contributed by atoms with Gasteiger partial charge < -0.3 is 9.84 Å². The van der Waals surface area contributed by atoms with Crippen LogP contribution in [-0.4, -0.2) is 40.0 Å². The molecule has 1 amide bonds. The van der Waals surface area contributed by atoms with Gasteiger partial charge in [0.1, 0.15) is 12.6 Å². The van der Waals surface area contributed by atoms with Crippen molar-refractivity contribution in [3.8, 4) is 11.1 Å². The molecule has 0 saturated heterocycles. The van der Waals surface area contributed by atoms with E-state index in [0.717, 1.165) is 27.9 Å². The molecular weight excluding hydrogens is 370 g/mol. The fourth-order valence-electron chi connectivity index (χ4n) is 4.40. The SMILES string of the molecule is O=C(O)C1CCc2[nH]ncc2N1C(=O)OCC1c2ccccc2-c2ccccc21. The molecule has 1 aromatic heterocycles. The molecule has 1 atom stereocenters. The van der Waals surface area contributed by atoms with Crippen molar-refractivity contribution in [2.75, 3.05) is 11.5 Å². The van der Waals surface area contributed by atoms with Crippen LogP contribution < -0.4 is 4.90 Å². The summed E-state index contributed by atoms with van der Waals surface area (Å²) in [6, 6.07) is 15.2. The number of aryl methyl sites for hydroxylation is 1. The van der Waals surface area contributed by atoms with Crippen molar-refractivity contribution in [1.82, 2.24) is 10.2 Å². The quantitative estimate of drug-likeness (QED) is 0.714. The molecule has 0 saturated carbocycles. The van der Waals surface area contributed by atoms with Gasteiger partial charge in [-0.15, -0.1) is 0 Å². The normalized spacial score (nSPS) is 17.4. The Kier molecular flexibility index (Phi) is 4.08. The second kappa shape index (κ2) is 6.77. The molecule has 0 spiro atoms. The van der Waals surface area contributed by atoms with Gasteiger partial charge in [-0.1, -0.05) is 48.5 Å². The third-order valence-electron chi connectivity index (χ3n) is 5.75. The van der Waals surface area contributed by atoms with E-state index in [2.05, 4.69) is 22.3 Å². The topological polar surface area (TPSA) is 95.5 Å². The molecule has 2 N–H and O–H groups in total. The number of carbonyl (C=O) groups is 2. The number of aliphatic carboxylic acids is 1. The van der Waals surface area contributed by atoms with Gasteiger partial charge in [0.05, 0.1) is 17.6 Å². The average Bonchev–Trinajstić information content (AvgIpc) is 3.34. The number of hydrogen-bond acceptors (Lipinski definition) is 4. The lowest BCUT2D eigenvalue weighted by atomic mass is 9.98. The van der Waals surface area contributed by atoms with Crippen LogP contribution in [0.4, 0.5) is 10.5 Å². The summed E-state index contributed by atoms with van der Waals surface area (Å²) in [4.78, 5) is 25.9. The Morgan fingerprint density at radius 2 is 1.76 bits per heavy atom. The number of aromatic nitrogens is 2. The summed E-state index contributed by atoms with van der Waals surface area (Å²) in [5.74, 6) is -1.13. The Labute approximate surface area is 166 Å². The van der Waals surface area contributed by atoms with E-state index in [0.29, 0.717) is 18.5 Å². The summed E-state index contributed by atoms with van der Waals surface area (Å²) < 4.78 is 5.67. The van der Waals surface area contributed by atoms with Crippen molar-refractivity contribution in [1.29, 1.82) is 0 Å². The summed E-state index contributed by atoms with van der Waals surface area (Å²) in [6.07, 6.45) is 1.65. The summed E-state index contributed by atoms with van der Waals surface area (Å²) in [6.45, 7) is 0.142. The van der Waals surface area contributed by atoms with Gasteiger partial charge in [0, 0.05) is 5.92 Å². The molecule has 2 aliphatic rings. The molecule has 2 heterocycles. The Morgan fingerprint density at radius 1 is 1.10 bits per heavy atom. The average molecular weight is 389 g/mol. The lowest BCUT2D eigenvalue weighted by molar-refractivity contribution is -0.138. The van der Waals surface area contributed by atoms with E-state index in [1.165, 1.54) is 11.1 Å². The van der Waals surface area contributed by atoms with Crippen molar-refractivity contribution in [3.05, 3.63) is 71.5 Å². The molecule has 1 aliphatic heterocycles. The van der Waals surface area contributed by atoms with Crippen LogP contribution in [0, 0.1) is 0 Å². The zero-order valence-electron chi connectivity index (χ0n) is 15.5. The Morgan fingerprint density at radius 3 is 2.41 bits per heavy atom. The van der Waals surface area contributed by atoms with E-state index in [9.17, 15) is 14.7 Å². The molecular formula is C22H19N3O4. The monoisotopic (exact) mass is 389 g/mol. The van der Waals surface area contributed by atoms with E-state index < -0.39 is 18.1 Å². The van der Waals surface area contributed by atoms with Crippen LogP contribution in [0.5, 0.6) is 0 Å². The molecule has 146 valence electrons. The van der Waals surface area contributed by atoms with Crippen LogP contribution in [0.2, 0.25) is 0 Å². The predicted octanol–water partition coefficient (Wildman–Crippen LogP) is 3.56. The van der Waals surface area contributed by atoms with E-state index >= 15 is 0 Å². The molecule has 7 heteroatoms. The first kappa shape index (κ1) is 17.5. The number of rotatable bonds is 3. The number of carboxylic acids is 1. The fourth-order valence-corrected chi connectivity index (χ4v) is 4.40. The molecule has 29 heavy (non-hydrogen) atoms. The van der Waals surface area contributed by atoms with E-state index in [1.54, 1.807) is 0 Å². The maximum atomic E-state index is 13.0. The van der Waals surface area contributed by atoms with Crippen LogP contribution in [0.15, 0.2) is 54.7 Å². The van der Waals surface area contributed by atoms with Crippen molar-refractivity contribution in [2.45, 2.75) is 24.8 Å². The predicted molar refractivity (Wildman–Crippen MR) is 106 cm³/mol. The maximum absolute atomic E-state index is 13.0. The number of benzene rings is 2. The Bertz CT molecular complexity index is 1060. The van der Waals surface area contributed by atoms with Crippen LogP contribution in [-0.2, 0) is 16.0 Å². The third-order valence-corrected chi connectivity index (χ3v) is 5.75. The number of aromatic amines is 1. The van der Waals surface area contributed by atoms with Gasteiger partial charge in [0.25, 0.3) is 0 Å². The van der Waals surface area contributed by atoms with Crippen LogP contribution >= 0.6 is 0 Å². The molecule has 3 aromatic rings. The highest BCUT2D eigenvalue weighted by molar-refractivity contribution is 5.96. The van der Waals surface area contributed by atoms with Gasteiger partial charge in [-0.05, 0) is 35.1 Å². The third kappa shape index (κ3) is 2.77. The summed E-state index contributed by atoms with van der Waals surface area (Å²) in [5, 5.41) is 16.4. The molecule has 2 aromatic carbocycles. The number of nitrogens with one attached hydrogen (secondary N) is 1. The Hall–Kier alpha value is -3.61. The van der Waals surface area contributed by atoms with Crippen LogP contribution in [0.25, 0.3) is 11.1 Å². The number of nitrogens with zero attached hydrogens (tertiary/aromatic N) is 2. The van der Waals surface area contributed by atoms with Gasteiger partial charge in [0.2, 0.25) is 0 Å². The second-order valence-electron chi connectivity index (χ2n) is 7.30. The molecule has 1 aliphatic carbocycles. The molecule has 0 radical (unpaired) electrons. The van der Waals surface area contributed by atoms with Gasteiger partial charge in [0.15, 0.2) is 0 Å². The number of fused-ring (bicyclic) bond motifs is 4. The first-order valence-corrected chi connectivity index (χ1v) is 9.54. The first-order chi connectivity index (χ1) is 14.1. The molecule has 0 fully saturated rings. The van der Waals surface area contributed by atoms with Crippen molar-refractivity contribution >= 4 is 17.7 Å². The largest absolute Gasteiger partial charge is 0.480 e. The highest BCUT2D eigenvalue weighted by Crippen LogP contribution is 2.44. The smallest absolute Gasteiger partial charge is 0.415 e. The molecule has 1 unspecified atom stereocenters. The number of anilines is 1. The van der Waals surface area contributed by atoms with Crippen molar-refractivity contribution in [2.24, 2.45) is 0 Å². The van der Waals surface area contributed by atoms with Crippen molar-refractivity contribution in [3.63, 3.8) is 0 Å². The number of carbonyl (C=O) groups excluding carboxylic acids is 1. The van der Waals surface area contributed by atoms with E-state index in [-0.39, 0.29) is 12.5 Å². The van der Waals surface area contributed by atoms with E-state index in [4.69, 9.17) is 4.74 Å². The molecule has 7 nitrogen and oxygen atoms in total. The summed E-state index contributed by atoms with van der Waals surface area (Å²) in [5.41, 5.74) is 5.72. The van der Waals surface area contributed by atoms with Gasteiger partial charge in [-0.3, -0.25) is 10.00 Å². The van der Waals surface area contributed by atoms with Crippen LogP contribution in [0.1, 0.15) is 29.2 Å². The lowest BCUT2D eigenvalue weighted by Crippen LogP contribution is -2.48. The summed E-state index contributed by atoms with van der Waals surface area (Å²) in [7, 11) is 0. The fraction of sp³-hybridized carbons (Fsp3) is 0.227.